The number of thioether (sulfide) groups is 1. The number of ether oxygens (including phenoxy) is 1. The van der Waals surface area contributed by atoms with Gasteiger partial charge in [0, 0.05) is 37.6 Å². The Labute approximate surface area is 204 Å². The van der Waals surface area contributed by atoms with Gasteiger partial charge in [0.05, 0.1) is 22.8 Å². The lowest BCUT2D eigenvalue weighted by Crippen LogP contribution is -2.25. The Morgan fingerprint density at radius 3 is 2.59 bits per heavy atom. The second-order valence-electron chi connectivity index (χ2n) is 8.72. The average Bonchev–Trinajstić information content (AvgIpc) is 3.37. The first-order valence-electron chi connectivity index (χ1n) is 11.9. The first-order chi connectivity index (χ1) is 16.5. The van der Waals surface area contributed by atoms with Gasteiger partial charge in [-0.3, -0.25) is 14.2 Å². The van der Waals surface area contributed by atoms with Crippen molar-refractivity contribution in [1.29, 1.82) is 0 Å². The number of benzene rings is 2. The molecular weight excluding hydrogens is 448 g/mol. The third kappa shape index (κ3) is 6.18. The third-order valence-corrected chi connectivity index (χ3v) is 6.73. The molecule has 1 fully saturated rings. The monoisotopic (exact) mass is 480 g/mol. The second-order valence-corrected chi connectivity index (χ2v) is 9.66. The van der Waals surface area contributed by atoms with Crippen LogP contribution in [0.2, 0.25) is 0 Å². The number of amides is 1. The van der Waals surface area contributed by atoms with Gasteiger partial charge < -0.3 is 15.0 Å². The van der Waals surface area contributed by atoms with E-state index in [0.717, 1.165) is 18.8 Å². The first kappa shape index (κ1) is 24.3. The minimum absolute atomic E-state index is 0.0874. The quantitative estimate of drug-likeness (QED) is 0.261. The highest BCUT2D eigenvalue weighted by Gasteiger charge is 2.15. The van der Waals surface area contributed by atoms with Crippen LogP contribution in [0.25, 0.3) is 10.9 Å². The molecule has 7 nitrogen and oxygen atoms in total. The number of nitrogens with one attached hydrogen (secondary N) is 1. The maximum Gasteiger partial charge on any atom is 0.262 e. The van der Waals surface area contributed by atoms with Crippen LogP contribution in [-0.4, -0.2) is 47.0 Å². The van der Waals surface area contributed by atoms with E-state index < -0.39 is 0 Å². The fraction of sp³-hybridized carbons (Fsp3) is 0.423. The van der Waals surface area contributed by atoms with Crippen LogP contribution in [0.4, 0.5) is 11.4 Å². The summed E-state index contributed by atoms with van der Waals surface area (Å²) in [5.74, 6) is 0.0391. The number of carbonyl (C=O) groups is 1. The van der Waals surface area contributed by atoms with Crippen molar-refractivity contribution in [1.82, 2.24) is 9.55 Å². The molecule has 0 saturated carbocycles. The maximum absolute atomic E-state index is 13.1. The predicted molar refractivity (Wildman–Crippen MR) is 139 cm³/mol. The lowest BCUT2D eigenvalue weighted by molar-refractivity contribution is -0.113. The van der Waals surface area contributed by atoms with Crippen LogP contribution in [0.15, 0.2) is 58.5 Å². The molecule has 1 N–H and O–H groups in total. The number of hydrogen-bond donors (Lipinski definition) is 1. The number of aromatic nitrogens is 2. The van der Waals surface area contributed by atoms with Crippen molar-refractivity contribution in [3.8, 4) is 0 Å². The molecular formula is C26H32N4O3S. The van der Waals surface area contributed by atoms with E-state index in [1.807, 2.05) is 44.2 Å². The van der Waals surface area contributed by atoms with Crippen LogP contribution in [0, 0.1) is 0 Å². The molecule has 180 valence electrons. The number of anilines is 2. The Bertz CT molecular complexity index is 1170. The number of hydrogen-bond acceptors (Lipinski definition) is 6. The van der Waals surface area contributed by atoms with Gasteiger partial charge in [0.1, 0.15) is 0 Å². The van der Waals surface area contributed by atoms with Gasteiger partial charge in [0.2, 0.25) is 5.91 Å². The number of carbonyl (C=O) groups excluding carboxylic acids is 1. The molecule has 0 radical (unpaired) electrons. The SMILES string of the molecule is CC(C)OCCCn1c(SCC(=O)Nc2ccc(N3CCCC3)cc2)nc2ccccc2c1=O. The Morgan fingerprint density at radius 1 is 1.12 bits per heavy atom. The van der Waals surface area contributed by atoms with Crippen LogP contribution < -0.4 is 15.8 Å². The zero-order chi connectivity index (χ0) is 23.9. The maximum atomic E-state index is 13.1. The summed E-state index contributed by atoms with van der Waals surface area (Å²) < 4.78 is 7.29. The molecule has 8 heteroatoms. The Kier molecular flexibility index (Phi) is 8.24. The zero-order valence-electron chi connectivity index (χ0n) is 19.8. The third-order valence-electron chi connectivity index (χ3n) is 5.76. The normalized spacial score (nSPS) is 13.7. The molecule has 2 aromatic carbocycles. The van der Waals surface area contributed by atoms with Crippen LogP contribution in [0.1, 0.15) is 33.1 Å². The molecule has 0 atom stereocenters. The number of rotatable bonds is 10. The van der Waals surface area contributed by atoms with Crippen molar-refractivity contribution in [3.63, 3.8) is 0 Å². The molecule has 1 saturated heterocycles. The van der Waals surface area contributed by atoms with E-state index in [-0.39, 0.29) is 23.3 Å². The largest absolute Gasteiger partial charge is 0.379 e. The lowest BCUT2D eigenvalue weighted by atomic mass is 10.2. The minimum Gasteiger partial charge on any atom is -0.379 e. The topological polar surface area (TPSA) is 76.5 Å². The summed E-state index contributed by atoms with van der Waals surface area (Å²) >= 11 is 1.28. The lowest BCUT2D eigenvalue weighted by Gasteiger charge is -2.17. The Morgan fingerprint density at radius 2 is 1.85 bits per heavy atom. The molecule has 1 aromatic heterocycles. The summed E-state index contributed by atoms with van der Waals surface area (Å²) in [4.78, 5) is 32.8. The van der Waals surface area contributed by atoms with E-state index in [9.17, 15) is 9.59 Å². The smallest absolute Gasteiger partial charge is 0.262 e. The molecule has 4 rings (SSSR count). The summed E-state index contributed by atoms with van der Waals surface area (Å²) in [5.41, 5.74) is 2.51. The standard InChI is InChI=1S/C26H32N4O3S/c1-19(2)33-17-7-16-30-25(32)22-8-3-4-9-23(22)28-26(30)34-18-24(31)27-20-10-12-21(13-11-20)29-14-5-6-15-29/h3-4,8-13,19H,5-7,14-18H2,1-2H3,(H,27,31). The molecule has 1 aliphatic heterocycles. The number of fused-ring (bicyclic) bond motifs is 1. The van der Waals surface area contributed by atoms with Gasteiger partial charge in [-0.2, -0.15) is 0 Å². The van der Waals surface area contributed by atoms with Gasteiger partial charge in [-0.25, -0.2) is 4.98 Å². The van der Waals surface area contributed by atoms with Crippen LogP contribution in [0.3, 0.4) is 0 Å². The molecule has 1 amide bonds. The van der Waals surface area contributed by atoms with Crippen molar-refractivity contribution >= 4 is 39.9 Å². The minimum atomic E-state index is -0.129. The van der Waals surface area contributed by atoms with Gasteiger partial charge in [0.15, 0.2) is 5.16 Å². The fourth-order valence-corrected chi connectivity index (χ4v) is 4.88. The number of nitrogens with zero attached hydrogens (tertiary/aromatic N) is 3. The second kappa shape index (κ2) is 11.5. The van der Waals surface area contributed by atoms with Gasteiger partial charge >= 0.3 is 0 Å². The summed E-state index contributed by atoms with van der Waals surface area (Å²) in [6, 6.07) is 15.3. The van der Waals surface area contributed by atoms with Crippen LogP contribution in [-0.2, 0) is 16.1 Å². The molecule has 0 aliphatic carbocycles. The fourth-order valence-electron chi connectivity index (χ4n) is 4.05. The molecule has 34 heavy (non-hydrogen) atoms. The van der Waals surface area contributed by atoms with E-state index >= 15 is 0 Å². The predicted octanol–water partition coefficient (Wildman–Crippen LogP) is 4.54. The van der Waals surface area contributed by atoms with Crippen molar-refractivity contribution in [2.75, 3.05) is 35.7 Å². The van der Waals surface area contributed by atoms with Crippen molar-refractivity contribution < 1.29 is 9.53 Å². The Hall–Kier alpha value is -2.84. The van der Waals surface area contributed by atoms with E-state index in [1.165, 1.54) is 30.3 Å². The molecule has 0 unspecified atom stereocenters. The summed E-state index contributed by atoms with van der Waals surface area (Å²) in [6.07, 6.45) is 3.30. The van der Waals surface area contributed by atoms with E-state index in [4.69, 9.17) is 4.74 Å². The van der Waals surface area contributed by atoms with Crippen LogP contribution in [0.5, 0.6) is 0 Å². The van der Waals surface area contributed by atoms with Gasteiger partial charge in [-0.15, -0.1) is 0 Å². The number of para-hydroxylation sites is 1. The van der Waals surface area contributed by atoms with Gasteiger partial charge in [-0.1, -0.05) is 23.9 Å². The van der Waals surface area contributed by atoms with Crippen molar-refractivity contribution in [2.45, 2.75) is 50.9 Å². The van der Waals surface area contributed by atoms with Crippen molar-refractivity contribution in [2.24, 2.45) is 0 Å². The van der Waals surface area contributed by atoms with Gasteiger partial charge in [0.25, 0.3) is 5.56 Å². The average molecular weight is 481 g/mol. The highest BCUT2D eigenvalue weighted by Crippen LogP contribution is 2.23. The highest BCUT2D eigenvalue weighted by molar-refractivity contribution is 7.99. The summed E-state index contributed by atoms with van der Waals surface area (Å²) in [7, 11) is 0. The van der Waals surface area contributed by atoms with Crippen molar-refractivity contribution in [3.05, 3.63) is 58.9 Å². The van der Waals surface area contributed by atoms with E-state index in [0.29, 0.717) is 35.6 Å². The summed E-state index contributed by atoms with van der Waals surface area (Å²) in [6.45, 7) is 7.21. The van der Waals surface area contributed by atoms with E-state index in [2.05, 4.69) is 27.3 Å². The molecule has 0 spiro atoms. The van der Waals surface area contributed by atoms with Crippen LogP contribution >= 0.6 is 11.8 Å². The molecule has 0 bridgehead atoms. The molecule has 2 heterocycles. The van der Waals surface area contributed by atoms with Gasteiger partial charge in [-0.05, 0) is 69.5 Å². The highest BCUT2D eigenvalue weighted by atomic mass is 32.2. The van der Waals surface area contributed by atoms with E-state index in [1.54, 1.807) is 10.6 Å². The molecule has 3 aromatic rings. The first-order valence-corrected chi connectivity index (χ1v) is 12.9. The Balaban J connectivity index is 1.42. The summed E-state index contributed by atoms with van der Waals surface area (Å²) in [5, 5.41) is 4.08. The zero-order valence-corrected chi connectivity index (χ0v) is 20.6. The molecule has 1 aliphatic rings.